The number of thiophene rings is 1. The third kappa shape index (κ3) is 7.30. The van der Waals surface area contributed by atoms with Gasteiger partial charge in [-0.05, 0) is 110 Å². The zero-order valence-electron chi connectivity index (χ0n) is 27.6. The average Bonchev–Trinajstić information content (AvgIpc) is 3.80. The van der Waals surface area contributed by atoms with Crippen LogP contribution in [0.1, 0.15) is 101 Å². The number of ether oxygens (including phenoxy) is 2. The van der Waals surface area contributed by atoms with Crippen LogP contribution in [0.5, 0.6) is 0 Å². The van der Waals surface area contributed by atoms with E-state index in [1.807, 2.05) is 53.8 Å². The molecule has 11 heteroatoms. The molecule has 5 heterocycles. The molecule has 3 aromatic heterocycles. The molecule has 2 N–H and O–H groups in total. The third-order valence-electron chi connectivity index (χ3n) is 8.08. The van der Waals surface area contributed by atoms with Gasteiger partial charge in [-0.15, -0.1) is 11.3 Å². The first-order chi connectivity index (χ1) is 21.8. The number of likely N-dealkylation sites (tertiary alicyclic amines) is 2. The summed E-state index contributed by atoms with van der Waals surface area (Å²) in [5.41, 5.74) is 2.93. The van der Waals surface area contributed by atoms with E-state index in [2.05, 4.69) is 51.4 Å². The van der Waals surface area contributed by atoms with Crippen LogP contribution in [0.25, 0.3) is 27.7 Å². The monoisotopic (exact) mass is 644 g/mol. The van der Waals surface area contributed by atoms with Gasteiger partial charge in [-0.3, -0.25) is 9.80 Å². The van der Waals surface area contributed by atoms with Gasteiger partial charge in [0, 0.05) is 18.0 Å². The minimum absolute atomic E-state index is 0.103. The Morgan fingerprint density at radius 3 is 2.22 bits per heavy atom. The maximum Gasteiger partial charge on any atom is 0.410 e. The van der Waals surface area contributed by atoms with Crippen LogP contribution in [0.15, 0.2) is 42.6 Å². The Balaban J connectivity index is 1.08. The van der Waals surface area contributed by atoms with E-state index in [9.17, 15) is 9.59 Å². The number of fused-ring (bicyclic) bond motifs is 1. The van der Waals surface area contributed by atoms with Gasteiger partial charge in [0.2, 0.25) is 0 Å². The number of hydrogen-bond acceptors (Lipinski definition) is 7. The van der Waals surface area contributed by atoms with Crippen LogP contribution in [0.3, 0.4) is 0 Å². The number of nitrogens with zero attached hydrogens (tertiary/aromatic N) is 4. The summed E-state index contributed by atoms with van der Waals surface area (Å²) >= 11 is 1.70. The Morgan fingerprint density at radius 1 is 0.913 bits per heavy atom. The highest BCUT2D eigenvalue weighted by molar-refractivity contribution is 7.16. The molecule has 10 nitrogen and oxygen atoms in total. The zero-order valence-corrected chi connectivity index (χ0v) is 28.4. The number of aromatic amines is 2. The second-order valence-electron chi connectivity index (χ2n) is 14.1. The highest BCUT2D eigenvalue weighted by Gasteiger charge is 2.36. The molecule has 2 amide bonds. The van der Waals surface area contributed by atoms with E-state index in [1.54, 1.807) is 21.1 Å². The summed E-state index contributed by atoms with van der Waals surface area (Å²) in [6.07, 6.45) is 9.95. The van der Waals surface area contributed by atoms with Crippen LogP contribution >= 0.6 is 11.3 Å². The van der Waals surface area contributed by atoms with Crippen LogP contribution in [0.2, 0.25) is 0 Å². The second-order valence-corrected chi connectivity index (χ2v) is 15.2. The molecule has 0 bridgehead atoms. The lowest BCUT2D eigenvalue weighted by Crippen LogP contribution is -2.36. The number of carbonyl (C=O) groups is 2. The van der Waals surface area contributed by atoms with Crippen LogP contribution in [-0.4, -0.2) is 66.2 Å². The molecular formula is C35H44N6O4S. The number of rotatable bonds is 6. The molecule has 0 aliphatic carbocycles. The average molecular weight is 645 g/mol. The maximum atomic E-state index is 12.8. The molecule has 0 spiro atoms. The first kappa shape index (κ1) is 31.8. The van der Waals surface area contributed by atoms with Crippen molar-refractivity contribution in [3.63, 3.8) is 0 Å². The van der Waals surface area contributed by atoms with Gasteiger partial charge in [0.15, 0.2) is 0 Å². The Morgan fingerprint density at radius 2 is 1.57 bits per heavy atom. The molecule has 46 heavy (non-hydrogen) atoms. The zero-order chi connectivity index (χ0) is 32.6. The summed E-state index contributed by atoms with van der Waals surface area (Å²) in [7, 11) is 0. The van der Waals surface area contributed by atoms with Crippen molar-refractivity contribution in [3.05, 3.63) is 64.7 Å². The molecule has 244 valence electrons. The highest BCUT2D eigenvalue weighted by Crippen LogP contribution is 2.35. The SMILES string of the molecule is CC(C)(C)OC(=O)N1CCC[C@H]1c1ncc(-c2ccc(C=CCc3ccc4nc([C@@H]5CCCN5C(=O)OC(C)(C)C)[nH]c4c3)s2)[nH]1. The fraction of sp³-hybridized carbons (Fsp3) is 0.486. The Kier molecular flexibility index (Phi) is 8.71. The predicted molar refractivity (Wildman–Crippen MR) is 181 cm³/mol. The van der Waals surface area contributed by atoms with E-state index in [-0.39, 0.29) is 24.3 Å². The number of amides is 2. The number of hydrogen-bond donors (Lipinski definition) is 2. The third-order valence-corrected chi connectivity index (χ3v) is 9.16. The fourth-order valence-corrected chi connectivity index (χ4v) is 6.97. The predicted octanol–water partition coefficient (Wildman–Crippen LogP) is 8.41. The number of allylic oxidation sites excluding steroid dienone is 1. The summed E-state index contributed by atoms with van der Waals surface area (Å²) in [5, 5.41) is 0. The lowest BCUT2D eigenvalue weighted by Gasteiger charge is -2.27. The number of nitrogens with one attached hydrogen (secondary N) is 2. The van der Waals surface area contributed by atoms with Gasteiger partial charge in [0.1, 0.15) is 22.9 Å². The number of benzene rings is 1. The van der Waals surface area contributed by atoms with Crippen molar-refractivity contribution < 1.29 is 19.1 Å². The number of aromatic nitrogens is 4. The van der Waals surface area contributed by atoms with Crippen molar-refractivity contribution in [2.24, 2.45) is 0 Å². The Bertz CT molecular complexity index is 1740. The molecule has 4 aromatic rings. The highest BCUT2D eigenvalue weighted by atomic mass is 32.1. The minimum Gasteiger partial charge on any atom is -0.444 e. The van der Waals surface area contributed by atoms with E-state index in [0.717, 1.165) is 70.2 Å². The van der Waals surface area contributed by atoms with Crippen molar-refractivity contribution in [1.82, 2.24) is 29.7 Å². The van der Waals surface area contributed by atoms with Gasteiger partial charge in [-0.1, -0.05) is 12.1 Å². The Hall–Kier alpha value is -4.12. The Labute approximate surface area is 274 Å². The summed E-state index contributed by atoms with van der Waals surface area (Å²) < 4.78 is 11.3. The molecular weight excluding hydrogens is 600 g/mol. The molecule has 2 saturated heterocycles. The topological polar surface area (TPSA) is 116 Å². The quantitative estimate of drug-likeness (QED) is 0.218. The van der Waals surface area contributed by atoms with E-state index in [1.165, 1.54) is 5.56 Å². The molecule has 2 fully saturated rings. The van der Waals surface area contributed by atoms with Crippen molar-refractivity contribution >= 4 is 40.6 Å². The molecule has 2 aliphatic heterocycles. The van der Waals surface area contributed by atoms with Gasteiger partial charge >= 0.3 is 12.2 Å². The van der Waals surface area contributed by atoms with E-state index in [0.29, 0.717) is 13.1 Å². The molecule has 0 radical (unpaired) electrons. The number of H-pyrrole nitrogens is 2. The van der Waals surface area contributed by atoms with Gasteiger partial charge in [-0.2, -0.15) is 0 Å². The van der Waals surface area contributed by atoms with E-state index < -0.39 is 11.2 Å². The smallest absolute Gasteiger partial charge is 0.410 e. The molecule has 1 aromatic carbocycles. The van der Waals surface area contributed by atoms with Crippen molar-refractivity contribution in [3.8, 4) is 10.6 Å². The fourth-order valence-electron chi connectivity index (χ4n) is 6.07. The summed E-state index contributed by atoms with van der Waals surface area (Å²) in [6, 6.07) is 10.3. The van der Waals surface area contributed by atoms with Gasteiger partial charge < -0.3 is 19.4 Å². The molecule has 2 atom stereocenters. The number of imidazole rings is 2. The number of carbonyl (C=O) groups excluding carboxylic acids is 2. The lowest BCUT2D eigenvalue weighted by atomic mass is 10.1. The lowest BCUT2D eigenvalue weighted by molar-refractivity contribution is 0.0208. The molecule has 2 aliphatic rings. The maximum absolute atomic E-state index is 12.8. The van der Waals surface area contributed by atoms with Crippen LogP contribution in [0, 0.1) is 0 Å². The van der Waals surface area contributed by atoms with Crippen LogP contribution < -0.4 is 0 Å². The van der Waals surface area contributed by atoms with E-state index in [4.69, 9.17) is 14.5 Å². The second kappa shape index (κ2) is 12.6. The first-order valence-corrected chi connectivity index (χ1v) is 16.9. The van der Waals surface area contributed by atoms with Crippen LogP contribution in [0.4, 0.5) is 9.59 Å². The largest absolute Gasteiger partial charge is 0.444 e. The molecule has 6 rings (SSSR count). The molecule has 0 unspecified atom stereocenters. The van der Waals surface area contributed by atoms with Crippen molar-refractivity contribution in [2.75, 3.05) is 13.1 Å². The first-order valence-electron chi connectivity index (χ1n) is 16.1. The summed E-state index contributed by atoms with van der Waals surface area (Å²) in [5.74, 6) is 1.61. The van der Waals surface area contributed by atoms with E-state index >= 15 is 0 Å². The minimum atomic E-state index is -0.532. The van der Waals surface area contributed by atoms with Gasteiger partial charge in [0.25, 0.3) is 0 Å². The summed E-state index contributed by atoms with van der Waals surface area (Å²) in [4.78, 5) is 47.8. The normalized spacial score (nSPS) is 19.1. The standard InChI is InChI=1S/C35H44N6O4S/c1-34(2,3)44-32(42)40-18-8-12-27(40)30-36-21-26(39-30)29-17-15-23(46-29)11-7-10-22-14-16-24-25(20-22)38-31(37-24)28-13-9-19-41(28)33(43)45-35(4,5)6/h7,11,14-17,20-21,27-28H,8-10,12-13,18-19H2,1-6H3,(H,36,39)(H,37,38)/t27-,28-/m0/s1. The summed E-state index contributed by atoms with van der Waals surface area (Å²) in [6.45, 7) is 12.7. The molecule has 0 saturated carbocycles. The van der Waals surface area contributed by atoms with Crippen molar-refractivity contribution in [2.45, 2.75) is 96.9 Å². The van der Waals surface area contributed by atoms with Crippen molar-refractivity contribution in [1.29, 1.82) is 0 Å². The van der Waals surface area contributed by atoms with Gasteiger partial charge in [0.05, 0.1) is 39.9 Å². The van der Waals surface area contributed by atoms with Gasteiger partial charge in [-0.25, -0.2) is 19.6 Å². The van der Waals surface area contributed by atoms with Crippen LogP contribution in [-0.2, 0) is 15.9 Å².